The Morgan fingerprint density at radius 2 is 2.15 bits per heavy atom. The number of anilines is 1. The molecule has 0 saturated heterocycles. The van der Waals surface area contributed by atoms with Crippen LogP contribution in [0.4, 0.5) is 10.5 Å². The highest BCUT2D eigenvalue weighted by atomic mass is 35.5. The van der Waals surface area contributed by atoms with Crippen LogP contribution in [0.25, 0.3) is 0 Å². The molecular formula is C12H12ClN3O4. The van der Waals surface area contributed by atoms with Crippen LogP contribution in [-0.2, 0) is 4.79 Å². The van der Waals surface area contributed by atoms with Crippen LogP contribution >= 0.6 is 11.6 Å². The molecule has 0 radical (unpaired) electrons. The Kier molecular flexibility index (Phi) is 4.91. The highest BCUT2D eigenvalue weighted by Gasteiger charge is 2.30. The van der Waals surface area contributed by atoms with Gasteiger partial charge < -0.3 is 20.8 Å². The predicted octanol–water partition coefficient (Wildman–Crippen LogP) is 1.17. The molecule has 1 rings (SSSR count). The first kappa shape index (κ1) is 15.8. The lowest BCUT2D eigenvalue weighted by atomic mass is 10.1. The van der Waals surface area contributed by atoms with Gasteiger partial charge in [0.15, 0.2) is 5.60 Å². The van der Waals surface area contributed by atoms with Gasteiger partial charge in [-0.1, -0.05) is 11.6 Å². The van der Waals surface area contributed by atoms with Gasteiger partial charge in [-0.25, -0.2) is 9.59 Å². The second-order valence-electron chi connectivity index (χ2n) is 4.19. The molecule has 0 aromatic heterocycles. The Morgan fingerprint density at radius 1 is 1.50 bits per heavy atom. The summed E-state index contributed by atoms with van der Waals surface area (Å²) in [5, 5.41) is 31.6. The lowest BCUT2D eigenvalue weighted by Gasteiger charge is -2.18. The van der Waals surface area contributed by atoms with Gasteiger partial charge in [0.2, 0.25) is 0 Å². The van der Waals surface area contributed by atoms with Crippen molar-refractivity contribution < 1.29 is 19.8 Å². The summed E-state index contributed by atoms with van der Waals surface area (Å²) in [7, 11) is 0. The van der Waals surface area contributed by atoms with Gasteiger partial charge in [-0.15, -0.1) is 0 Å². The van der Waals surface area contributed by atoms with Gasteiger partial charge in [-0.2, -0.15) is 5.26 Å². The first-order valence-corrected chi connectivity index (χ1v) is 5.84. The maximum atomic E-state index is 11.6. The minimum absolute atomic E-state index is 0.207. The van der Waals surface area contributed by atoms with Crippen molar-refractivity contribution in [3.63, 3.8) is 0 Å². The molecule has 1 aromatic carbocycles. The maximum absolute atomic E-state index is 11.6. The third-order valence-corrected chi connectivity index (χ3v) is 2.73. The van der Waals surface area contributed by atoms with Crippen LogP contribution in [0, 0.1) is 11.3 Å². The summed E-state index contributed by atoms with van der Waals surface area (Å²) < 4.78 is 0. The van der Waals surface area contributed by atoms with Crippen LogP contribution in [0.15, 0.2) is 18.2 Å². The predicted molar refractivity (Wildman–Crippen MR) is 71.4 cm³/mol. The van der Waals surface area contributed by atoms with Gasteiger partial charge >= 0.3 is 12.0 Å². The summed E-state index contributed by atoms with van der Waals surface area (Å²) in [6, 6.07) is 5.45. The average Bonchev–Trinajstić information content (AvgIpc) is 2.39. The molecule has 0 fully saturated rings. The number of carboxylic acids is 1. The standard InChI is InChI=1S/C12H12ClN3O4/c1-12(20,10(17)18)6-15-11(19)16-9-4-7(5-14)2-3-8(9)13/h2-4,20H,6H2,1H3,(H,17,18)(H2,15,16,19). The molecule has 0 spiro atoms. The fourth-order valence-electron chi connectivity index (χ4n) is 1.19. The number of hydrogen-bond donors (Lipinski definition) is 4. The minimum atomic E-state index is -2.07. The normalized spacial score (nSPS) is 12.9. The number of carbonyl (C=O) groups excluding carboxylic acids is 1. The number of rotatable bonds is 4. The van der Waals surface area contributed by atoms with E-state index in [1.165, 1.54) is 18.2 Å². The Morgan fingerprint density at radius 3 is 2.70 bits per heavy atom. The van der Waals surface area contributed by atoms with Crippen molar-refractivity contribution in [2.45, 2.75) is 12.5 Å². The summed E-state index contributed by atoms with van der Waals surface area (Å²) in [5.41, 5.74) is -1.56. The molecule has 0 aliphatic heterocycles. The van der Waals surface area contributed by atoms with Crippen molar-refractivity contribution in [3.05, 3.63) is 28.8 Å². The number of urea groups is 1. The number of nitrogens with zero attached hydrogens (tertiary/aromatic N) is 1. The number of nitriles is 1. The number of nitrogens with one attached hydrogen (secondary N) is 2. The zero-order valence-corrected chi connectivity index (χ0v) is 11.2. The van der Waals surface area contributed by atoms with E-state index >= 15 is 0 Å². The molecule has 0 saturated carbocycles. The van der Waals surface area contributed by atoms with Crippen LogP contribution in [-0.4, -0.2) is 34.4 Å². The monoisotopic (exact) mass is 297 g/mol. The summed E-state index contributed by atoms with van der Waals surface area (Å²) in [6.45, 7) is 0.572. The molecule has 8 heteroatoms. The molecule has 0 bridgehead atoms. The second kappa shape index (κ2) is 6.23. The van der Waals surface area contributed by atoms with Crippen LogP contribution in [0.5, 0.6) is 0 Å². The fourth-order valence-corrected chi connectivity index (χ4v) is 1.35. The number of aliphatic carboxylic acids is 1. The molecular weight excluding hydrogens is 286 g/mol. The topological polar surface area (TPSA) is 122 Å². The van der Waals surface area contributed by atoms with Gasteiger partial charge in [-0.05, 0) is 25.1 Å². The molecule has 7 nitrogen and oxygen atoms in total. The van der Waals surface area contributed by atoms with Gasteiger partial charge in [0.05, 0.1) is 28.9 Å². The SMILES string of the molecule is CC(O)(CNC(=O)Nc1cc(C#N)ccc1Cl)C(=O)O. The van der Waals surface area contributed by atoms with Gasteiger partial charge in [0.1, 0.15) is 0 Å². The van der Waals surface area contributed by atoms with Crippen molar-refractivity contribution >= 4 is 29.3 Å². The molecule has 1 aromatic rings. The summed E-state index contributed by atoms with van der Waals surface area (Å²) in [4.78, 5) is 22.2. The first-order chi connectivity index (χ1) is 9.26. The lowest BCUT2D eigenvalue weighted by Crippen LogP contribution is -2.47. The molecule has 1 atom stereocenters. The van der Waals surface area contributed by atoms with E-state index in [2.05, 4.69) is 10.6 Å². The second-order valence-corrected chi connectivity index (χ2v) is 4.60. The largest absolute Gasteiger partial charge is 0.479 e. The van der Waals surface area contributed by atoms with E-state index in [9.17, 15) is 14.7 Å². The van der Waals surface area contributed by atoms with Crippen LogP contribution in [0.2, 0.25) is 5.02 Å². The van der Waals surface area contributed by atoms with E-state index < -0.39 is 24.1 Å². The number of hydrogen-bond acceptors (Lipinski definition) is 4. The zero-order chi connectivity index (χ0) is 15.3. The van der Waals surface area contributed by atoms with E-state index in [4.69, 9.17) is 22.0 Å². The fraction of sp³-hybridized carbons (Fsp3) is 0.250. The van der Waals surface area contributed by atoms with E-state index in [0.29, 0.717) is 5.56 Å². The summed E-state index contributed by atoms with van der Waals surface area (Å²) >= 11 is 5.84. The molecule has 0 aliphatic rings. The Bertz CT molecular complexity index is 581. The van der Waals surface area contributed by atoms with Crippen molar-refractivity contribution in [3.8, 4) is 6.07 Å². The van der Waals surface area contributed by atoms with E-state index in [-0.39, 0.29) is 10.7 Å². The van der Waals surface area contributed by atoms with E-state index in [1.54, 1.807) is 0 Å². The van der Waals surface area contributed by atoms with Gasteiger partial charge in [0, 0.05) is 0 Å². The summed E-state index contributed by atoms with van der Waals surface area (Å²) in [5.74, 6) is -1.46. The summed E-state index contributed by atoms with van der Waals surface area (Å²) in [6.07, 6.45) is 0. The number of amides is 2. The highest BCUT2D eigenvalue weighted by Crippen LogP contribution is 2.22. The third kappa shape index (κ3) is 4.12. The Hall–Kier alpha value is -2.30. The molecule has 1 unspecified atom stereocenters. The quantitative estimate of drug-likeness (QED) is 0.664. The molecule has 0 aliphatic carbocycles. The molecule has 0 heterocycles. The number of aliphatic hydroxyl groups is 1. The lowest BCUT2D eigenvalue weighted by molar-refractivity contribution is -0.155. The highest BCUT2D eigenvalue weighted by molar-refractivity contribution is 6.33. The molecule has 106 valence electrons. The van der Waals surface area contributed by atoms with Crippen LogP contribution < -0.4 is 10.6 Å². The third-order valence-electron chi connectivity index (χ3n) is 2.40. The van der Waals surface area contributed by atoms with Crippen LogP contribution in [0.3, 0.4) is 0 Å². The van der Waals surface area contributed by atoms with E-state index in [1.807, 2.05) is 6.07 Å². The Balaban J connectivity index is 2.68. The van der Waals surface area contributed by atoms with Crippen LogP contribution in [0.1, 0.15) is 12.5 Å². The average molecular weight is 298 g/mol. The minimum Gasteiger partial charge on any atom is -0.479 e. The molecule has 2 amide bonds. The van der Waals surface area contributed by atoms with Crippen molar-refractivity contribution in [1.82, 2.24) is 5.32 Å². The maximum Gasteiger partial charge on any atom is 0.337 e. The van der Waals surface area contributed by atoms with Gasteiger partial charge in [0.25, 0.3) is 0 Å². The van der Waals surface area contributed by atoms with Crippen molar-refractivity contribution in [1.29, 1.82) is 5.26 Å². The zero-order valence-electron chi connectivity index (χ0n) is 10.5. The van der Waals surface area contributed by atoms with Crippen molar-refractivity contribution in [2.75, 3.05) is 11.9 Å². The molecule has 20 heavy (non-hydrogen) atoms. The first-order valence-electron chi connectivity index (χ1n) is 5.46. The number of halogens is 1. The number of benzene rings is 1. The molecule has 4 N–H and O–H groups in total. The smallest absolute Gasteiger partial charge is 0.337 e. The van der Waals surface area contributed by atoms with Crippen molar-refractivity contribution in [2.24, 2.45) is 0 Å². The number of carbonyl (C=O) groups is 2. The Labute approximate surface area is 119 Å². The number of carboxylic acid groups (broad SMARTS) is 1. The van der Waals surface area contributed by atoms with E-state index in [0.717, 1.165) is 6.92 Å². The van der Waals surface area contributed by atoms with Gasteiger partial charge in [-0.3, -0.25) is 0 Å².